The molecule has 0 aliphatic rings. The number of rotatable bonds is 9. The molecule has 1 aromatic heterocycles. The summed E-state index contributed by atoms with van der Waals surface area (Å²) in [5.74, 6) is -1.07. The molecule has 172 valence electrons. The predicted molar refractivity (Wildman–Crippen MR) is 121 cm³/mol. The highest BCUT2D eigenvalue weighted by molar-refractivity contribution is 5.97. The van der Waals surface area contributed by atoms with Gasteiger partial charge in [0, 0.05) is 12.3 Å². The summed E-state index contributed by atoms with van der Waals surface area (Å²) >= 11 is 0. The molecule has 0 saturated carbocycles. The van der Waals surface area contributed by atoms with Crippen LogP contribution in [-0.2, 0) is 9.53 Å². The van der Waals surface area contributed by atoms with Gasteiger partial charge in [0.2, 0.25) is 0 Å². The van der Waals surface area contributed by atoms with Crippen LogP contribution in [0.4, 0.5) is 0 Å². The van der Waals surface area contributed by atoms with Gasteiger partial charge in [-0.2, -0.15) is 0 Å². The number of amides is 1. The number of aromatic hydroxyl groups is 1. The van der Waals surface area contributed by atoms with Crippen molar-refractivity contribution in [1.29, 1.82) is 0 Å². The van der Waals surface area contributed by atoms with Crippen LogP contribution in [0.5, 0.6) is 17.2 Å². The predicted octanol–water partition coefficient (Wildman–Crippen LogP) is 3.67. The number of hydrogen-bond donors (Lipinski definition) is 2. The van der Waals surface area contributed by atoms with E-state index in [1.165, 1.54) is 26.3 Å². The van der Waals surface area contributed by atoms with Gasteiger partial charge in [-0.3, -0.25) is 4.79 Å². The Kier molecular flexibility index (Phi) is 7.86. The molecule has 0 bridgehead atoms. The summed E-state index contributed by atoms with van der Waals surface area (Å²) in [6.07, 6.45) is 0.0940. The molecule has 0 aliphatic carbocycles. The quantitative estimate of drug-likeness (QED) is 0.479. The van der Waals surface area contributed by atoms with Crippen molar-refractivity contribution >= 4 is 11.9 Å². The number of nitrogens with zero attached hydrogens (tertiary/aromatic N) is 1. The van der Waals surface area contributed by atoms with E-state index in [1.54, 1.807) is 6.92 Å². The zero-order valence-corrected chi connectivity index (χ0v) is 18.6. The average molecular weight is 450 g/mol. The SMILES string of the molecule is COc1ccnc(C(=O)N[C@@H](C)C(=O)O[C@H](C)[C@@H](Oc2ccccc2)c2ccccc2)c1O. The summed E-state index contributed by atoms with van der Waals surface area (Å²) in [6.45, 7) is 3.21. The number of benzene rings is 2. The molecular formula is C25H26N2O6. The fraction of sp³-hybridized carbons (Fsp3) is 0.240. The van der Waals surface area contributed by atoms with Crippen molar-refractivity contribution in [2.45, 2.75) is 32.1 Å². The number of carbonyl (C=O) groups excluding carboxylic acids is 2. The second-order valence-electron chi connectivity index (χ2n) is 7.31. The van der Waals surface area contributed by atoms with Crippen LogP contribution in [0, 0.1) is 0 Å². The number of hydrogen-bond acceptors (Lipinski definition) is 7. The molecular weight excluding hydrogens is 424 g/mol. The Morgan fingerprint density at radius 2 is 1.61 bits per heavy atom. The molecule has 3 atom stereocenters. The number of methoxy groups -OCH3 is 1. The Morgan fingerprint density at radius 1 is 0.970 bits per heavy atom. The van der Waals surface area contributed by atoms with Gasteiger partial charge in [-0.05, 0) is 31.5 Å². The number of para-hydroxylation sites is 1. The first kappa shape index (κ1) is 23.6. The second-order valence-corrected chi connectivity index (χ2v) is 7.31. The highest BCUT2D eigenvalue weighted by Crippen LogP contribution is 2.28. The largest absolute Gasteiger partial charge is 0.503 e. The molecule has 3 aromatic rings. The van der Waals surface area contributed by atoms with Crippen molar-refractivity contribution in [3.05, 3.63) is 84.2 Å². The van der Waals surface area contributed by atoms with E-state index >= 15 is 0 Å². The minimum absolute atomic E-state index is 0.0998. The maximum atomic E-state index is 12.7. The zero-order chi connectivity index (χ0) is 23.8. The lowest BCUT2D eigenvalue weighted by Crippen LogP contribution is -2.42. The number of aromatic nitrogens is 1. The van der Waals surface area contributed by atoms with Crippen LogP contribution in [0.3, 0.4) is 0 Å². The number of carbonyl (C=O) groups is 2. The number of pyridine rings is 1. The van der Waals surface area contributed by atoms with Crippen molar-refractivity contribution in [1.82, 2.24) is 10.3 Å². The second kappa shape index (κ2) is 11.0. The van der Waals surface area contributed by atoms with Gasteiger partial charge in [0.25, 0.3) is 5.91 Å². The molecule has 0 aliphatic heterocycles. The highest BCUT2D eigenvalue weighted by Gasteiger charge is 2.28. The molecule has 33 heavy (non-hydrogen) atoms. The van der Waals surface area contributed by atoms with E-state index in [0.29, 0.717) is 5.75 Å². The summed E-state index contributed by atoms with van der Waals surface area (Å²) in [5.41, 5.74) is 0.584. The van der Waals surface area contributed by atoms with Crippen LogP contribution >= 0.6 is 0 Å². The standard InChI is InChI=1S/C25H26N2O6/c1-16(27-24(29)21-22(28)20(31-3)14-15-26-21)25(30)32-17(2)23(18-10-6-4-7-11-18)33-19-12-8-5-9-13-19/h4-17,23,28H,1-3H3,(H,27,29)/t16-,17+,23+/m0/s1. The first-order chi connectivity index (χ1) is 15.9. The third-order valence-corrected chi connectivity index (χ3v) is 4.89. The van der Waals surface area contributed by atoms with Crippen LogP contribution < -0.4 is 14.8 Å². The van der Waals surface area contributed by atoms with E-state index in [4.69, 9.17) is 14.2 Å². The van der Waals surface area contributed by atoms with E-state index in [9.17, 15) is 14.7 Å². The van der Waals surface area contributed by atoms with Crippen LogP contribution in [0.1, 0.15) is 36.0 Å². The Morgan fingerprint density at radius 3 is 2.24 bits per heavy atom. The van der Waals surface area contributed by atoms with Gasteiger partial charge < -0.3 is 24.6 Å². The molecule has 0 saturated heterocycles. The third-order valence-electron chi connectivity index (χ3n) is 4.89. The molecule has 8 nitrogen and oxygen atoms in total. The molecule has 1 amide bonds. The Bertz CT molecular complexity index is 1070. The normalized spacial score (nSPS) is 13.3. The lowest BCUT2D eigenvalue weighted by Gasteiger charge is -2.26. The molecule has 3 rings (SSSR count). The third kappa shape index (κ3) is 6.00. The van der Waals surface area contributed by atoms with E-state index in [-0.39, 0.29) is 11.4 Å². The van der Waals surface area contributed by atoms with Gasteiger partial charge in [0.15, 0.2) is 23.3 Å². The topological polar surface area (TPSA) is 107 Å². The maximum Gasteiger partial charge on any atom is 0.328 e. The Balaban J connectivity index is 1.69. The fourth-order valence-electron chi connectivity index (χ4n) is 3.16. The molecule has 8 heteroatoms. The van der Waals surface area contributed by atoms with Crippen LogP contribution in [-0.4, -0.2) is 41.2 Å². The zero-order valence-electron chi connectivity index (χ0n) is 18.6. The fourth-order valence-corrected chi connectivity index (χ4v) is 3.16. The van der Waals surface area contributed by atoms with Gasteiger partial charge in [-0.1, -0.05) is 48.5 Å². The van der Waals surface area contributed by atoms with E-state index in [1.807, 2.05) is 60.7 Å². The lowest BCUT2D eigenvalue weighted by molar-refractivity contribution is -0.154. The van der Waals surface area contributed by atoms with Gasteiger partial charge in [-0.15, -0.1) is 0 Å². The smallest absolute Gasteiger partial charge is 0.328 e. The minimum atomic E-state index is -1.000. The number of nitrogens with one attached hydrogen (secondary N) is 1. The minimum Gasteiger partial charge on any atom is -0.503 e. The van der Waals surface area contributed by atoms with Crippen molar-refractivity contribution < 1.29 is 28.9 Å². The van der Waals surface area contributed by atoms with Crippen molar-refractivity contribution in [2.24, 2.45) is 0 Å². The molecule has 0 fully saturated rings. The average Bonchev–Trinajstić information content (AvgIpc) is 2.83. The van der Waals surface area contributed by atoms with Crippen LogP contribution in [0.2, 0.25) is 0 Å². The van der Waals surface area contributed by atoms with Gasteiger partial charge in [0.05, 0.1) is 7.11 Å². The molecule has 0 radical (unpaired) electrons. The van der Waals surface area contributed by atoms with Crippen molar-refractivity contribution in [3.63, 3.8) is 0 Å². The summed E-state index contributed by atoms with van der Waals surface area (Å²) < 4.78 is 16.7. The van der Waals surface area contributed by atoms with E-state index < -0.39 is 35.9 Å². The van der Waals surface area contributed by atoms with Gasteiger partial charge in [-0.25, -0.2) is 9.78 Å². The summed E-state index contributed by atoms with van der Waals surface area (Å²) in [6, 6.07) is 19.1. The molecule has 2 aromatic carbocycles. The maximum absolute atomic E-state index is 12.7. The van der Waals surface area contributed by atoms with E-state index in [0.717, 1.165) is 5.56 Å². The summed E-state index contributed by atoms with van der Waals surface area (Å²) in [7, 11) is 1.36. The highest BCUT2D eigenvalue weighted by atomic mass is 16.6. The number of esters is 1. The first-order valence-electron chi connectivity index (χ1n) is 10.4. The Labute approximate surface area is 192 Å². The summed E-state index contributed by atoms with van der Waals surface area (Å²) in [4.78, 5) is 29.1. The van der Waals surface area contributed by atoms with Gasteiger partial charge >= 0.3 is 5.97 Å². The monoisotopic (exact) mass is 450 g/mol. The molecule has 0 unspecified atom stereocenters. The van der Waals surface area contributed by atoms with Crippen molar-refractivity contribution in [3.8, 4) is 17.2 Å². The number of ether oxygens (including phenoxy) is 3. The first-order valence-corrected chi connectivity index (χ1v) is 10.4. The Hall–Kier alpha value is -4.07. The summed E-state index contributed by atoms with van der Waals surface area (Å²) in [5, 5.41) is 12.6. The van der Waals surface area contributed by atoms with Crippen molar-refractivity contribution in [2.75, 3.05) is 7.11 Å². The lowest BCUT2D eigenvalue weighted by atomic mass is 10.0. The molecule has 0 spiro atoms. The van der Waals surface area contributed by atoms with E-state index in [2.05, 4.69) is 10.3 Å². The molecule has 1 heterocycles. The molecule has 2 N–H and O–H groups in total. The van der Waals surface area contributed by atoms with Gasteiger partial charge in [0.1, 0.15) is 17.9 Å². The van der Waals surface area contributed by atoms with Crippen LogP contribution in [0.25, 0.3) is 0 Å². The van der Waals surface area contributed by atoms with Crippen LogP contribution in [0.15, 0.2) is 72.9 Å².